The number of H-pyrrole nitrogens is 2. The zero-order valence-electron chi connectivity index (χ0n) is 30.6. The maximum absolute atomic E-state index is 16.4. The van der Waals surface area contributed by atoms with E-state index in [0.717, 1.165) is 65.8 Å². The number of hydrogen-bond donors (Lipinski definition) is 4. The maximum atomic E-state index is 16.4. The van der Waals surface area contributed by atoms with Crippen molar-refractivity contribution in [2.24, 2.45) is 17.3 Å². The Morgan fingerprint density at radius 2 is 1.65 bits per heavy atom. The lowest BCUT2D eigenvalue weighted by Gasteiger charge is -2.37. The fourth-order valence-electron chi connectivity index (χ4n) is 9.91. The largest absolute Gasteiger partial charge is 0.453 e. The second kappa shape index (κ2) is 12.0. The van der Waals surface area contributed by atoms with E-state index < -0.39 is 18.1 Å². The first-order valence-electron chi connectivity index (χ1n) is 19.3. The van der Waals surface area contributed by atoms with Crippen molar-refractivity contribution in [1.29, 1.82) is 0 Å². The van der Waals surface area contributed by atoms with Crippen LogP contribution in [0.4, 0.5) is 13.6 Å². The zero-order chi connectivity index (χ0) is 37.1. The Kier molecular flexibility index (Phi) is 7.44. The van der Waals surface area contributed by atoms with Gasteiger partial charge in [-0.1, -0.05) is 44.2 Å². The van der Waals surface area contributed by atoms with E-state index in [0.29, 0.717) is 27.9 Å². The van der Waals surface area contributed by atoms with Crippen LogP contribution in [0, 0.1) is 17.3 Å². The first-order chi connectivity index (χ1) is 26.0. The maximum Gasteiger partial charge on any atom is 0.407 e. The lowest BCUT2D eigenvalue weighted by molar-refractivity contribution is -0.139. The standard InChI is InChI=1S/C43H44F2N6O3/c1-22(2)37(50-41(53)54-3)40(52)51-27-8-4-26(16-27)38(51)39-48-33-11-7-24(19-35(33)49-39)23-5-9-28-29-10-6-25(18-31(29)43(44,45)30(28)17-23)32-12-13-34(47-32)36-20-42(14-15-42)21-46-36/h5-7,9-13,17-19,22,26-27,36-38,46-47H,4,8,14-16,20-21H2,1-3H3,(H,48,49)(H,50,53)/t26-,27+,36-,37+,38-/m0/s1. The van der Waals surface area contributed by atoms with Crippen LogP contribution in [-0.2, 0) is 15.5 Å². The molecule has 2 saturated carbocycles. The van der Waals surface area contributed by atoms with Crippen LogP contribution in [0.25, 0.3) is 44.5 Å². The summed E-state index contributed by atoms with van der Waals surface area (Å²) in [5.74, 6) is -2.46. The van der Waals surface area contributed by atoms with Crippen molar-refractivity contribution >= 4 is 23.0 Å². The van der Waals surface area contributed by atoms with Crippen molar-refractivity contribution in [2.75, 3.05) is 13.7 Å². The molecular weight excluding hydrogens is 687 g/mol. The number of alkyl halides is 2. The fraction of sp³-hybridized carbons (Fsp3) is 0.419. The number of methoxy groups -OCH3 is 1. The molecule has 2 saturated heterocycles. The molecule has 2 aliphatic heterocycles. The van der Waals surface area contributed by atoms with E-state index in [4.69, 9.17) is 9.72 Å². The molecule has 2 amide bonds. The second-order valence-electron chi connectivity index (χ2n) is 16.7. The number of halogens is 2. The number of imidazole rings is 1. The van der Waals surface area contributed by atoms with E-state index in [-0.39, 0.29) is 47.0 Å². The highest BCUT2D eigenvalue weighted by molar-refractivity contribution is 5.88. The van der Waals surface area contributed by atoms with E-state index in [2.05, 4.69) is 26.7 Å². The number of ether oxygens (including phenoxy) is 1. The molecular formula is C43H44F2N6O3. The number of hydrogen-bond acceptors (Lipinski definition) is 5. The number of benzene rings is 3. The van der Waals surface area contributed by atoms with Gasteiger partial charge in [0.1, 0.15) is 11.9 Å². The monoisotopic (exact) mass is 730 g/mol. The van der Waals surface area contributed by atoms with Gasteiger partial charge in [0.05, 0.1) is 24.2 Å². The lowest BCUT2D eigenvalue weighted by atomic mass is 9.95. The van der Waals surface area contributed by atoms with Crippen LogP contribution in [0.2, 0.25) is 0 Å². The summed E-state index contributed by atoms with van der Waals surface area (Å²) in [4.78, 5) is 40.0. The topological polar surface area (TPSA) is 115 Å². The Labute approximate surface area is 312 Å². The van der Waals surface area contributed by atoms with Gasteiger partial charge in [-0.25, -0.2) is 9.78 Å². The summed E-state index contributed by atoms with van der Waals surface area (Å²) in [5.41, 5.74) is 7.33. The van der Waals surface area contributed by atoms with Crippen molar-refractivity contribution < 1.29 is 23.1 Å². The molecule has 5 atom stereocenters. The number of amides is 2. The van der Waals surface area contributed by atoms with Crippen molar-refractivity contribution in [3.8, 4) is 33.5 Å². The predicted molar refractivity (Wildman–Crippen MR) is 202 cm³/mol. The second-order valence-corrected chi connectivity index (χ2v) is 16.7. The van der Waals surface area contributed by atoms with Gasteiger partial charge in [-0.3, -0.25) is 4.79 Å². The Hall–Kier alpha value is -5.03. The number of likely N-dealkylation sites (tertiary alicyclic amines) is 1. The summed E-state index contributed by atoms with van der Waals surface area (Å²) in [6.07, 6.45) is 5.86. The average molecular weight is 731 g/mol. The van der Waals surface area contributed by atoms with E-state index in [9.17, 15) is 9.59 Å². The highest BCUT2D eigenvalue weighted by atomic mass is 19.3. The quantitative estimate of drug-likeness (QED) is 0.134. The van der Waals surface area contributed by atoms with Crippen LogP contribution in [0.5, 0.6) is 0 Å². The van der Waals surface area contributed by atoms with E-state index >= 15 is 8.78 Å². The van der Waals surface area contributed by atoms with E-state index in [1.165, 1.54) is 20.0 Å². The molecule has 1 spiro atoms. The summed E-state index contributed by atoms with van der Waals surface area (Å²) < 4.78 is 37.6. The molecule has 2 bridgehead atoms. The number of piperidine rings is 1. The minimum Gasteiger partial charge on any atom is -0.453 e. The summed E-state index contributed by atoms with van der Waals surface area (Å²) in [5, 5.41) is 6.38. The SMILES string of the molecule is COC(=O)N[C@@H](C(=O)N1[C@@H]2CC[C@@H](C2)[C@H]1c1nc2ccc(-c3ccc4c(c3)C(F)(F)c3cc(-c5ccc([C@@H]6CC7(CC7)CN6)[nH]5)ccc3-4)cc2[nH]1)C(C)C. The van der Waals surface area contributed by atoms with Gasteiger partial charge >= 0.3 is 6.09 Å². The number of alkyl carbamates (subject to hydrolysis) is 1. The Morgan fingerprint density at radius 1 is 0.926 bits per heavy atom. The number of fused-ring (bicyclic) bond motifs is 6. The zero-order valence-corrected chi connectivity index (χ0v) is 30.6. The summed E-state index contributed by atoms with van der Waals surface area (Å²) >= 11 is 0. The highest BCUT2D eigenvalue weighted by Crippen LogP contribution is 2.56. The number of carbonyl (C=O) groups is 2. The van der Waals surface area contributed by atoms with Gasteiger partial charge in [0.25, 0.3) is 5.92 Å². The van der Waals surface area contributed by atoms with Crippen molar-refractivity contribution in [3.63, 3.8) is 0 Å². The van der Waals surface area contributed by atoms with Crippen LogP contribution in [0.15, 0.2) is 66.7 Å². The molecule has 11 heteroatoms. The van der Waals surface area contributed by atoms with Crippen LogP contribution in [0.3, 0.4) is 0 Å². The number of nitrogens with zero attached hydrogens (tertiary/aromatic N) is 2. The summed E-state index contributed by atoms with van der Waals surface area (Å²) in [7, 11) is 1.29. The third-order valence-corrected chi connectivity index (χ3v) is 13.1. The molecule has 278 valence electrons. The normalized spacial score (nSPS) is 24.7. The van der Waals surface area contributed by atoms with Crippen LogP contribution in [0.1, 0.15) is 87.1 Å². The van der Waals surface area contributed by atoms with E-state index in [1.807, 2.05) is 67.3 Å². The molecule has 0 radical (unpaired) electrons. The third-order valence-electron chi connectivity index (χ3n) is 13.1. The van der Waals surface area contributed by atoms with Crippen LogP contribution in [-0.4, -0.2) is 57.6 Å². The van der Waals surface area contributed by atoms with Crippen molar-refractivity contribution in [2.45, 2.75) is 82.5 Å². The average Bonchev–Trinajstić information content (AvgIpc) is 3.83. The van der Waals surface area contributed by atoms with Gasteiger partial charge in [-0.05, 0) is 120 Å². The number of aromatic nitrogens is 3. The lowest BCUT2D eigenvalue weighted by Crippen LogP contribution is -2.54. The fourth-order valence-corrected chi connectivity index (χ4v) is 9.91. The van der Waals surface area contributed by atoms with Gasteiger partial charge in [0.2, 0.25) is 5.91 Å². The molecule has 5 aliphatic rings. The van der Waals surface area contributed by atoms with Crippen LogP contribution >= 0.6 is 0 Å². The van der Waals surface area contributed by atoms with Crippen molar-refractivity contribution in [1.82, 2.24) is 30.5 Å². The minimum absolute atomic E-state index is 0.00557. The molecule has 3 aromatic carbocycles. The molecule has 2 aromatic heterocycles. The predicted octanol–water partition coefficient (Wildman–Crippen LogP) is 8.59. The molecule has 10 rings (SSSR count). The molecule has 54 heavy (non-hydrogen) atoms. The Morgan fingerprint density at radius 3 is 2.37 bits per heavy atom. The van der Waals surface area contributed by atoms with Gasteiger partial charge < -0.3 is 30.2 Å². The molecule has 4 fully saturated rings. The van der Waals surface area contributed by atoms with Crippen LogP contribution < -0.4 is 10.6 Å². The number of rotatable bonds is 7. The number of carbonyl (C=O) groups excluding carboxylic acids is 2. The van der Waals surface area contributed by atoms with Crippen molar-refractivity contribution in [3.05, 3.63) is 89.4 Å². The van der Waals surface area contributed by atoms with Gasteiger partial charge in [-0.15, -0.1) is 0 Å². The van der Waals surface area contributed by atoms with Gasteiger partial charge in [0.15, 0.2) is 0 Å². The highest BCUT2D eigenvalue weighted by Gasteiger charge is 2.52. The molecule has 5 aromatic rings. The number of aromatic amines is 2. The summed E-state index contributed by atoms with van der Waals surface area (Å²) in [6.45, 7) is 4.86. The van der Waals surface area contributed by atoms with E-state index in [1.54, 1.807) is 12.1 Å². The Bertz CT molecular complexity index is 2340. The molecule has 4 heterocycles. The summed E-state index contributed by atoms with van der Waals surface area (Å²) in [6, 6.07) is 20.0. The molecule has 3 aliphatic carbocycles. The third kappa shape index (κ3) is 5.21. The number of nitrogens with one attached hydrogen (secondary N) is 4. The smallest absolute Gasteiger partial charge is 0.407 e. The molecule has 0 unspecified atom stereocenters. The van der Waals surface area contributed by atoms with Gasteiger partial charge in [0, 0.05) is 41.1 Å². The Balaban J connectivity index is 0.921. The molecule has 4 N–H and O–H groups in total. The minimum atomic E-state index is -3.16. The first-order valence-corrected chi connectivity index (χ1v) is 19.3. The first kappa shape index (κ1) is 33.5. The van der Waals surface area contributed by atoms with Gasteiger partial charge in [-0.2, -0.15) is 8.78 Å². The molecule has 9 nitrogen and oxygen atoms in total.